The molecule has 0 aliphatic carbocycles. The first-order valence-corrected chi connectivity index (χ1v) is 7.53. The number of ether oxygens (including phenoxy) is 2. The van der Waals surface area contributed by atoms with Crippen LogP contribution >= 0.6 is 0 Å². The minimum absolute atomic E-state index is 0.258. The predicted molar refractivity (Wildman–Crippen MR) is 91.2 cm³/mol. The minimum Gasteiger partial charge on any atom is -0.457 e. The van der Waals surface area contributed by atoms with E-state index in [-0.39, 0.29) is 6.03 Å². The maximum Gasteiger partial charge on any atom is 0.319 e. The lowest BCUT2D eigenvalue weighted by atomic mass is 10.2. The molecule has 2 aromatic rings. The highest BCUT2D eigenvalue weighted by molar-refractivity contribution is 5.89. The molecule has 0 unspecified atom stereocenters. The predicted octanol–water partition coefficient (Wildman–Crippen LogP) is 3.51. The summed E-state index contributed by atoms with van der Waals surface area (Å²) in [5, 5.41) is 14.3. The Labute approximate surface area is 141 Å². The number of hydrogen-bond acceptors (Lipinski definition) is 4. The lowest BCUT2D eigenvalue weighted by Gasteiger charge is -2.09. The third-order valence-electron chi connectivity index (χ3n) is 3.14. The fraction of sp³-hybridized carbons (Fsp3) is 0.222. The van der Waals surface area contributed by atoms with Crippen molar-refractivity contribution >= 4 is 11.7 Å². The zero-order valence-electron chi connectivity index (χ0n) is 13.4. The third kappa shape index (κ3) is 5.63. The van der Waals surface area contributed by atoms with Crippen molar-refractivity contribution in [3.63, 3.8) is 0 Å². The van der Waals surface area contributed by atoms with Gasteiger partial charge >= 0.3 is 6.03 Å². The number of carbonyl (C=O) groups excluding carboxylic acids is 1. The van der Waals surface area contributed by atoms with E-state index >= 15 is 0 Å². The molecule has 0 spiro atoms. The van der Waals surface area contributed by atoms with Gasteiger partial charge in [0.15, 0.2) is 0 Å². The molecule has 0 atom stereocenters. The standard InChI is InChI=1S/C18H19N3O3/c1-23-12-2-11-20-18(22)21-15-5-9-17(10-6-15)24-16-7-3-14(13-19)4-8-16/h3-10H,2,11-12H2,1H3,(H2,20,21,22). The van der Waals surface area contributed by atoms with Gasteiger partial charge in [-0.15, -0.1) is 0 Å². The van der Waals surface area contributed by atoms with Crippen LogP contribution in [0.15, 0.2) is 48.5 Å². The molecule has 0 aromatic heterocycles. The number of urea groups is 1. The van der Waals surface area contributed by atoms with Crippen molar-refractivity contribution in [2.24, 2.45) is 0 Å². The summed E-state index contributed by atoms with van der Waals surface area (Å²) >= 11 is 0. The summed E-state index contributed by atoms with van der Waals surface area (Å²) in [5.41, 5.74) is 1.25. The lowest BCUT2D eigenvalue weighted by molar-refractivity contribution is 0.194. The normalized spacial score (nSPS) is 9.83. The van der Waals surface area contributed by atoms with Gasteiger partial charge in [-0.3, -0.25) is 0 Å². The molecule has 2 amide bonds. The van der Waals surface area contributed by atoms with E-state index < -0.39 is 0 Å². The molecule has 0 bridgehead atoms. The Kier molecular flexibility index (Phi) is 6.62. The largest absolute Gasteiger partial charge is 0.457 e. The van der Waals surface area contributed by atoms with Crippen LogP contribution in [0.2, 0.25) is 0 Å². The molecule has 2 N–H and O–H groups in total. The van der Waals surface area contributed by atoms with E-state index in [1.165, 1.54) is 0 Å². The fourth-order valence-corrected chi connectivity index (χ4v) is 1.93. The number of amides is 2. The fourth-order valence-electron chi connectivity index (χ4n) is 1.93. The van der Waals surface area contributed by atoms with E-state index in [9.17, 15) is 4.79 Å². The molecule has 24 heavy (non-hydrogen) atoms. The van der Waals surface area contributed by atoms with Crippen molar-refractivity contribution in [1.82, 2.24) is 5.32 Å². The topological polar surface area (TPSA) is 83.4 Å². The van der Waals surface area contributed by atoms with Gasteiger partial charge in [-0.1, -0.05) is 0 Å². The molecule has 6 heteroatoms. The molecule has 6 nitrogen and oxygen atoms in total. The van der Waals surface area contributed by atoms with Crippen LogP contribution in [0.5, 0.6) is 11.5 Å². The van der Waals surface area contributed by atoms with Crippen molar-refractivity contribution in [2.45, 2.75) is 6.42 Å². The molecular weight excluding hydrogens is 306 g/mol. The van der Waals surface area contributed by atoms with Gasteiger partial charge in [-0.2, -0.15) is 5.26 Å². The summed E-state index contributed by atoms with van der Waals surface area (Å²) in [6, 6.07) is 15.7. The molecule has 0 aliphatic heterocycles. The summed E-state index contributed by atoms with van der Waals surface area (Å²) in [6.45, 7) is 1.17. The number of rotatable bonds is 7. The van der Waals surface area contributed by atoms with Crippen molar-refractivity contribution in [3.05, 3.63) is 54.1 Å². The number of carbonyl (C=O) groups is 1. The van der Waals surface area contributed by atoms with Gasteiger partial charge in [0, 0.05) is 25.9 Å². The van der Waals surface area contributed by atoms with Crippen LogP contribution in [-0.4, -0.2) is 26.3 Å². The van der Waals surface area contributed by atoms with E-state index in [1.807, 2.05) is 0 Å². The number of nitriles is 1. The molecule has 124 valence electrons. The van der Waals surface area contributed by atoms with E-state index in [4.69, 9.17) is 14.7 Å². The Morgan fingerprint density at radius 1 is 1.08 bits per heavy atom. The monoisotopic (exact) mass is 325 g/mol. The first-order valence-electron chi connectivity index (χ1n) is 7.53. The van der Waals surface area contributed by atoms with E-state index in [1.54, 1.807) is 55.6 Å². The highest BCUT2D eigenvalue weighted by atomic mass is 16.5. The SMILES string of the molecule is COCCCNC(=O)Nc1ccc(Oc2ccc(C#N)cc2)cc1. The first-order chi connectivity index (χ1) is 11.7. The molecular formula is C18H19N3O3. The van der Waals surface area contributed by atoms with E-state index in [0.717, 1.165) is 6.42 Å². The number of hydrogen-bond donors (Lipinski definition) is 2. The summed E-state index contributed by atoms with van der Waals surface area (Å²) in [6.07, 6.45) is 0.765. The smallest absolute Gasteiger partial charge is 0.319 e. The van der Waals surface area contributed by atoms with Gasteiger partial charge in [-0.25, -0.2) is 4.79 Å². The van der Waals surface area contributed by atoms with Crippen molar-refractivity contribution in [3.8, 4) is 17.6 Å². The van der Waals surface area contributed by atoms with E-state index in [2.05, 4.69) is 16.7 Å². The molecule has 0 saturated carbocycles. The summed E-state index contributed by atoms with van der Waals surface area (Å²) < 4.78 is 10.6. The molecule has 0 radical (unpaired) electrons. The molecule has 0 saturated heterocycles. The number of nitrogens with zero attached hydrogens (tertiary/aromatic N) is 1. The lowest BCUT2D eigenvalue weighted by Crippen LogP contribution is -2.29. The van der Waals surface area contributed by atoms with Gasteiger partial charge in [0.05, 0.1) is 11.6 Å². The van der Waals surface area contributed by atoms with Gasteiger partial charge in [0.2, 0.25) is 0 Å². The van der Waals surface area contributed by atoms with Crippen LogP contribution in [0.1, 0.15) is 12.0 Å². The van der Waals surface area contributed by atoms with Gasteiger partial charge in [0.25, 0.3) is 0 Å². The van der Waals surface area contributed by atoms with Crippen LogP contribution < -0.4 is 15.4 Å². The Morgan fingerprint density at radius 3 is 2.29 bits per heavy atom. The second-order valence-electron chi connectivity index (χ2n) is 4.99. The van der Waals surface area contributed by atoms with E-state index in [0.29, 0.717) is 35.9 Å². The van der Waals surface area contributed by atoms with Crippen LogP contribution in [0.4, 0.5) is 10.5 Å². The average molecular weight is 325 g/mol. The van der Waals surface area contributed by atoms with Crippen molar-refractivity contribution in [1.29, 1.82) is 5.26 Å². The maximum absolute atomic E-state index is 11.7. The summed E-state index contributed by atoms with van der Waals surface area (Å²) in [7, 11) is 1.63. The summed E-state index contributed by atoms with van der Waals surface area (Å²) in [5.74, 6) is 1.29. The molecule has 0 heterocycles. The van der Waals surface area contributed by atoms with Gasteiger partial charge in [-0.05, 0) is 55.0 Å². The van der Waals surface area contributed by atoms with Crippen LogP contribution in [0, 0.1) is 11.3 Å². The zero-order chi connectivity index (χ0) is 17.2. The van der Waals surface area contributed by atoms with Gasteiger partial charge in [0.1, 0.15) is 11.5 Å². The van der Waals surface area contributed by atoms with Gasteiger partial charge < -0.3 is 20.1 Å². The third-order valence-corrected chi connectivity index (χ3v) is 3.14. The van der Waals surface area contributed by atoms with Crippen LogP contribution in [0.3, 0.4) is 0 Å². The molecule has 0 aliphatic rings. The highest BCUT2D eigenvalue weighted by Crippen LogP contribution is 2.23. The molecule has 0 fully saturated rings. The first kappa shape index (κ1) is 17.3. The molecule has 2 aromatic carbocycles. The Hall–Kier alpha value is -3.04. The zero-order valence-corrected chi connectivity index (χ0v) is 13.4. The average Bonchev–Trinajstić information content (AvgIpc) is 2.61. The number of nitrogens with one attached hydrogen (secondary N) is 2. The van der Waals surface area contributed by atoms with Crippen molar-refractivity contribution < 1.29 is 14.3 Å². The Morgan fingerprint density at radius 2 is 1.71 bits per heavy atom. The minimum atomic E-state index is -0.258. The quantitative estimate of drug-likeness (QED) is 0.763. The van der Waals surface area contributed by atoms with Crippen molar-refractivity contribution in [2.75, 3.05) is 25.6 Å². The number of benzene rings is 2. The van der Waals surface area contributed by atoms with Crippen LogP contribution in [0.25, 0.3) is 0 Å². The number of methoxy groups -OCH3 is 1. The number of anilines is 1. The Bertz CT molecular complexity index is 691. The maximum atomic E-state index is 11.7. The Balaban J connectivity index is 1.83. The second-order valence-corrected chi connectivity index (χ2v) is 4.99. The second kappa shape index (κ2) is 9.18. The van der Waals surface area contributed by atoms with Crippen LogP contribution in [-0.2, 0) is 4.74 Å². The summed E-state index contributed by atoms with van der Waals surface area (Å²) in [4.78, 5) is 11.7. The molecule has 2 rings (SSSR count). The highest BCUT2D eigenvalue weighted by Gasteiger charge is 2.02.